The second-order valence-corrected chi connectivity index (χ2v) is 4.75. The van der Waals surface area contributed by atoms with E-state index in [-0.39, 0.29) is 22.6 Å². The molecule has 0 spiro atoms. The highest BCUT2D eigenvalue weighted by atomic mass is 35.5. The van der Waals surface area contributed by atoms with Gasteiger partial charge in [0.25, 0.3) is 0 Å². The largest absolute Gasteiger partial charge is 0.454 e. The van der Waals surface area contributed by atoms with Crippen molar-refractivity contribution in [2.75, 3.05) is 7.05 Å². The molecule has 20 heavy (non-hydrogen) atoms. The lowest BCUT2D eigenvalue weighted by Gasteiger charge is -2.17. The Morgan fingerprint density at radius 1 is 1.15 bits per heavy atom. The van der Waals surface area contributed by atoms with Gasteiger partial charge in [0.05, 0.1) is 5.02 Å². The van der Waals surface area contributed by atoms with Gasteiger partial charge < -0.3 is 10.1 Å². The molecule has 0 fully saturated rings. The Morgan fingerprint density at radius 3 is 2.55 bits per heavy atom. The average molecular weight is 298 g/mol. The van der Waals surface area contributed by atoms with E-state index in [1.54, 1.807) is 19.2 Å². The fraction of sp³-hybridized carbons (Fsp3) is 0.200. The van der Waals surface area contributed by atoms with Crippen molar-refractivity contribution >= 4 is 11.6 Å². The molecule has 2 aromatic rings. The van der Waals surface area contributed by atoms with E-state index in [0.29, 0.717) is 5.56 Å². The molecule has 2 rings (SSSR count). The van der Waals surface area contributed by atoms with Gasteiger partial charge in [-0.1, -0.05) is 23.7 Å². The number of nitrogens with one attached hydrogen (secondary N) is 1. The summed E-state index contributed by atoms with van der Waals surface area (Å²) in [4.78, 5) is 0. The molecule has 0 aliphatic heterocycles. The van der Waals surface area contributed by atoms with Gasteiger partial charge in [-0.3, -0.25) is 0 Å². The number of rotatable bonds is 4. The number of hydrogen-bond donors (Lipinski definition) is 1. The third kappa shape index (κ3) is 3.08. The van der Waals surface area contributed by atoms with E-state index in [1.165, 1.54) is 18.2 Å². The molecule has 0 aliphatic rings. The van der Waals surface area contributed by atoms with Crippen LogP contribution in [0.4, 0.5) is 8.78 Å². The first-order valence-corrected chi connectivity index (χ1v) is 6.49. The maximum Gasteiger partial charge on any atom is 0.167 e. The number of ether oxygens (including phenoxy) is 1. The van der Waals surface area contributed by atoms with Crippen LogP contribution in [0.15, 0.2) is 36.4 Å². The van der Waals surface area contributed by atoms with Crippen LogP contribution in [0.25, 0.3) is 0 Å². The van der Waals surface area contributed by atoms with E-state index < -0.39 is 11.6 Å². The second-order valence-electron chi connectivity index (χ2n) is 4.35. The van der Waals surface area contributed by atoms with Crippen LogP contribution in [0.5, 0.6) is 11.5 Å². The van der Waals surface area contributed by atoms with Crippen LogP contribution in [0.1, 0.15) is 18.5 Å². The summed E-state index contributed by atoms with van der Waals surface area (Å²) in [5.41, 5.74) is 0.655. The molecule has 0 amide bonds. The highest BCUT2D eigenvalue weighted by molar-refractivity contribution is 6.30. The predicted molar refractivity (Wildman–Crippen MR) is 75.4 cm³/mol. The van der Waals surface area contributed by atoms with Gasteiger partial charge in [-0.2, -0.15) is 0 Å². The van der Waals surface area contributed by atoms with Crippen LogP contribution in [-0.4, -0.2) is 7.05 Å². The van der Waals surface area contributed by atoms with E-state index in [4.69, 9.17) is 16.3 Å². The molecule has 0 aromatic heterocycles. The zero-order valence-electron chi connectivity index (χ0n) is 11.1. The first-order chi connectivity index (χ1) is 9.52. The minimum atomic E-state index is -0.608. The maximum absolute atomic E-state index is 13.9. The average Bonchev–Trinajstić information content (AvgIpc) is 2.44. The Balaban J connectivity index is 2.39. The van der Waals surface area contributed by atoms with Gasteiger partial charge >= 0.3 is 0 Å². The summed E-state index contributed by atoms with van der Waals surface area (Å²) in [5, 5.41) is 3.01. The van der Waals surface area contributed by atoms with Crippen LogP contribution in [0.3, 0.4) is 0 Å². The third-order valence-electron chi connectivity index (χ3n) is 3.01. The van der Waals surface area contributed by atoms with Crippen LogP contribution in [-0.2, 0) is 0 Å². The maximum atomic E-state index is 13.9. The zero-order chi connectivity index (χ0) is 14.7. The Kier molecular flexibility index (Phi) is 4.57. The van der Waals surface area contributed by atoms with Gasteiger partial charge in [0.2, 0.25) is 0 Å². The van der Waals surface area contributed by atoms with E-state index >= 15 is 0 Å². The van der Waals surface area contributed by atoms with Crippen LogP contribution < -0.4 is 10.1 Å². The number of hydrogen-bond acceptors (Lipinski definition) is 2. The molecule has 106 valence electrons. The summed E-state index contributed by atoms with van der Waals surface area (Å²) >= 11 is 5.60. The molecule has 0 heterocycles. The monoisotopic (exact) mass is 297 g/mol. The van der Waals surface area contributed by atoms with Crippen molar-refractivity contribution < 1.29 is 13.5 Å². The van der Waals surface area contributed by atoms with Gasteiger partial charge in [0.15, 0.2) is 11.6 Å². The summed E-state index contributed by atoms with van der Waals surface area (Å²) in [6, 6.07) is 8.55. The molecule has 5 heteroatoms. The van der Waals surface area contributed by atoms with Crippen molar-refractivity contribution in [3.05, 3.63) is 58.6 Å². The fourth-order valence-electron chi connectivity index (χ4n) is 1.79. The molecule has 2 aromatic carbocycles. The standard InChI is InChI=1S/C15H14ClF2NO/c1-9(19-2)11-4-3-5-13(17)15(11)20-10-6-7-12(16)14(18)8-10/h3-9,19H,1-2H3. The van der Waals surface area contributed by atoms with Gasteiger partial charge in [0, 0.05) is 17.7 Å². The Hall–Kier alpha value is -1.65. The predicted octanol–water partition coefficient (Wildman–Crippen LogP) is 4.69. The van der Waals surface area contributed by atoms with Crippen molar-refractivity contribution in [3.8, 4) is 11.5 Å². The summed E-state index contributed by atoms with van der Waals surface area (Å²) in [6.45, 7) is 1.88. The van der Waals surface area contributed by atoms with Crippen LogP contribution in [0.2, 0.25) is 5.02 Å². The molecule has 2 nitrogen and oxygen atoms in total. The van der Waals surface area contributed by atoms with Crippen LogP contribution in [0, 0.1) is 11.6 Å². The second kappa shape index (κ2) is 6.20. The lowest BCUT2D eigenvalue weighted by Crippen LogP contribution is -2.13. The Morgan fingerprint density at radius 2 is 1.90 bits per heavy atom. The lowest BCUT2D eigenvalue weighted by molar-refractivity contribution is 0.425. The molecule has 0 radical (unpaired) electrons. The topological polar surface area (TPSA) is 21.3 Å². The van der Waals surface area contributed by atoms with E-state index in [9.17, 15) is 8.78 Å². The quantitative estimate of drug-likeness (QED) is 0.884. The number of benzene rings is 2. The molecule has 1 N–H and O–H groups in total. The minimum Gasteiger partial charge on any atom is -0.454 e. The molecule has 0 saturated heterocycles. The Labute approximate surface area is 121 Å². The van der Waals surface area contributed by atoms with Gasteiger partial charge in [-0.15, -0.1) is 0 Å². The fourth-order valence-corrected chi connectivity index (χ4v) is 1.91. The van der Waals surface area contributed by atoms with Crippen molar-refractivity contribution in [1.29, 1.82) is 0 Å². The SMILES string of the molecule is CNC(C)c1cccc(F)c1Oc1ccc(Cl)c(F)c1. The molecule has 0 aliphatic carbocycles. The summed E-state index contributed by atoms with van der Waals surface area (Å²) in [6.07, 6.45) is 0. The normalized spacial score (nSPS) is 12.2. The third-order valence-corrected chi connectivity index (χ3v) is 3.31. The highest BCUT2D eigenvalue weighted by Gasteiger charge is 2.15. The van der Waals surface area contributed by atoms with Crippen LogP contribution >= 0.6 is 11.6 Å². The summed E-state index contributed by atoms with van der Waals surface area (Å²) < 4.78 is 32.8. The summed E-state index contributed by atoms with van der Waals surface area (Å²) in [5.74, 6) is -0.832. The Bertz CT molecular complexity index is 619. The molecule has 1 unspecified atom stereocenters. The smallest absolute Gasteiger partial charge is 0.167 e. The van der Waals surface area contributed by atoms with Crippen molar-refractivity contribution in [3.63, 3.8) is 0 Å². The van der Waals surface area contributed by atoms with E-state index in [0.717, 1.165) is 6.07 Å². The minimum absolute atomic E-state index is 0.00491. The van der Waals surface area contributed by atoms with Crippen molar-refractivity contribution in [1.82, 2.24) is 5.32 Å². The van der Waals surface area contributed by atoms with Gasteiger partial charge in [0.1, 0.15) is 11.6 Å². The highest BCUT2D eigenvalue weighted by Crippen LogP contribution is 2.33. The molecule has 1 atom stereocenters. The van der Waals surface area contributed by atoms with Gasteiger partial charge in [-0.25, -0.2) is 8.78 Å². The molecular weight excluding hydrogens is 284 g/mol. The lowest BCUT2D eigenvalue weighted by atomic mass is 10.1. The number of halogens is 3. The zero-order valence-corrected chi connectivity index (χ0v) is 11.8. The van der Waals surface area contributed by atoms with Gasteiger partial charge in [-0.05, 0) is 32.2 Å². The number of para-hydroxylation sites is 1. The molecule has 0 saturated carbocycles. The van der Waals surface area contributed by atoms with Crippen molar-refractivity contribution in [2.24, 2.45) is 0 Å². The molecular formula is C15H14ClF2NO. The van der Waals surface area contributed by atoms with E-state index in [2.05, 4.69) is 5.32 Å². The van der Waals surface area contributed by atoms with E-state index in [1.807, 2.05) is 6.92 Å². The first kappa shape index (κ1) is 14.8. The first-order valence-electron chi connectivity index (χ1n) is 6.11. The summed E-state index contributed by atoms with van der Waals surface area (Å²) in [7, 11) is 1.77. The van der Waals surface area contributed by atoms with Crippen molar-refractivity contribution in [2.45, 2.75) is 13.0 Å². The molecule has 0 bridgehead atoms.